The van der Waals surface area contributed by atoms with Gasteiger partial charge in [-0.25, -0.2) is 4.39 Å². The molecule has 1 rings (SSSR count). The topological polar surface area (TPSA) is 0 Å². The lowest BCUT2D eigenvalue weighted by molar-refractivity contribution is -0.137. The fraction of sp³-hybridized carbons (Fsp3) is 0.250. The van der Waals surface area contributed by atoms with Gasteiger partial charge in [-0.05, 0) is 12.1 Å². The smallest absolute Gasteiger partial charge is 0.225 e. The molecule has 0 bridgehead atoms. The van der Waals surface area contributed by atoms with Gasteiger partial charge in [0, 0.05) is 5.56 Å². The van der Waals surface area contributed by atoms with Gasteiger partial charge in [0.2, 0.25) is 0 Å². The van der Waals surface area contributed by atoms with E-state index in [4.69, 9.17) is 11.6 Å². The first kappa shape index (κ1) is 10.3. The zero-order valence-electron chi connectivity index (χ0n) is 6.28. The second-order valence-corrected chi connectivity index (χ2v) is 2.81. The van der Waals surface area contributed by atoms with Crippen molar-refractivity contribution in [1.29, 1.82) is 0 Å². The molecule has 0 spiro atoms. The van der Waals surface area contributed by atoms with Crippen LogP contribution in [0.1, 0.15) is 16.8 Å². The summed E-state index contributed by atoms with van der Waals surface area (Å²) in [7, 11) is 0. The lowest BCUT2D eigenvalue weighted by Gasteiger charge is -2.08. The molecule has 0 N–H and O–H groups in total. The predicted molar refractivity (Wildman–Crippen MR) is 41.1 cm³/mol. The number of hydrogen-bond donors (Lipinski definition) is 0. The van der Waals surface area contributed by atoms with Crippen molar-refractivity contribution in [3.63, 3.8) is 0 Å². The number of rotatable bonds is 1. The molecule has 0 saturated carbocycles. The Kier molecular flexibility index (Phi) is 2.81. The first-order chi connectivity index (χ1) is 5.91. The molecule has 0 aliphatic rings. The third-order valence-electron chi connectivity index (χ3n) is 1.47. The van der Waals surface area contributed by atoms with Crippen LogP contribution in [-0.2, 0) is 6.18 Å². The van der Waals surface area contributed by atoms with E-state index in [2.05, 4.69) is 0 Å². The summed E-state index contributed by atoms with van der Waals surface area (Å²) in [6, 6.07) is 3.88. The van der Waals surface area contributed by atoms with Crippen molar-refractivity contribution in [1.82, 2.24) is 0 Å². The van der Waals surface area contributed by atoms with Crippen LogP contribution in [0.4, 0.5) is 17.6 Å². The maximum Gasteiger partial charge on any atom is 0.416 e. The van der Waals surface area contributed by atoms with Crippen LogP contribution in [0.5, 0.6) is 0 Å². The van der Waals surface area contributed by atoms with E-state index in [1.807, 2.05) is 0 Å². The molecule has 0 fully saturated rings. The molecule has 5 heteroatoms. The number of benzene rings is 1. The normalized spacial score (nSPS) is 14.2. The fourth-order valence-electron chi connectivity index (χ4n) is 0.851. The molecule has 0 radical (unpaired) electrons. The van der Waals surface area contributed by atoms with Gasteiger partial charge in [-0.3, -0.25) is 0 Å². The molecule has 0 saturated heterocycles. The van der Waals surface area contributed by atoms with Crippen molar-refractivity contribution in [2.24, 2.45) is 0 Å². The molecular formula is C8H5ClF4. The van der Waals surface area contributed by atoms with E-state index in [9.17, 15) is 17.6 Å². The van der Waals surface area contributed by atoms with E-state index in [0.717, 1.165) is 12.1 Å². The Hall–Kier alpha value is -0.770. The lowest BCUT2D eigenvalue weighted by atomic mass is 10.1. The predicted octanol–water partition coefficient (Wildman–Crippen LogP) is 3.91. The molecular weight excluding hydrogens is 208 g/mol. The minimum absolute atomic E-state index is 0.184. The minimum atomic E-state index is -4.46. The highest BCUT2D eigenvalue weighted by molar-refractivity contribution is 6.19. The van der Waals surface area contributed by atoms with Crippen LogP contribution in [0, 0.1) is 0 Å². The summed E-state index contributed by atoms with van der Waals surface area (Å²) in [6.45, 7) is 0. The minimum Gasteiger partial charge on any atom is -0.225 e. The number of alkyl halides is 5. The van der Waals surface area contributed by atoms with Crippen molar-refractivity contribution < 1.29 is 17.6 Å². The standard InChI is InChI=1S/C8H5ClF4/c9-7(10)5-2-1-3-6(4-5)8(11,12)13/h1-4,7H. The molecule has 1 unspecified atom stereocenters. The maximum absolute atomic E-state index is 12.4. The van der Waals surface area contributed by atoms with E-state index in [-0.39, 0.29) is 5.56 Å². The Bertz CT molecular complexity index is 292. The quantitative estimate of drug-likeness (QED) is 0.489. The zero-order chi connectivity index (χ0) is 10.1. The zero-order valence-corrected chi connectivity index (χ0v) is 7.03. The van der Waals surface area contributed by atoms with Crippen molar-refractivity contribution in [3.8, 4) is 0 Å². The highest BCUT2D eigenvalue weighted by atomic mass is 35.5. The molecule has 1 atom stereocenters. The third kappa shape index (κ3) is 2.59. The van der Waals surface area contributed by atoms with E-state index >= 15 is 0 Å². The van der Waals surface area contributed by atoms with Crippen molar-refractivity contribution in [2.75, 3.05) is 0 Å². The maximum atomic E-state index is 12.4. The van der Waals surface area contributed by atoms with E-state index in [0.29, 0.717) is 6.07 Å². The lowest BCUT2D eigenvalue weighted by Crippen LogP contribution is -2.05. The Balaban J connectivity index is 3.06. The number of hydrogen-bond acceptors (Lipinski definition) is 0. The highest BCUT2D eigenvalue weighted by Crippen LogP contribution is 2.32. The Morgan fingerprint density at radius 1 is 1.23 bits per heavy atom. The molecule has 1 aromatic rings. The summed E-state index contributed by atoms with van der Waals surface area (Å²) in [6.07, 6.45) is -4.46. The van der Waals surface area contributed by atoms with Crippen LogP contribution in [0.25, 0.3) is 0 Å². The molecule has 0 heterocycles. The first-order valence-corrected chi connectivity index (χ1v) is 3.80. The summed E-state index contributed by atoms with van der Waals surface area (Å²) in [4.78, 5) is 0. The van der Waals surface area contributed by atoms with Gasteiger partial charge in [-0.15, -0.1) is 0 Å². The van der Waals surface area contributed by atoms with Gasteiger partial charge < -0.3 is 0 Å². The molecule has 13 heavy (non-hydrogen) atoms. The summed E-state index contributed by atoms with van der Waals surface area (Å²) in [5.74, 6) is 0. The van der Waals surface area contributed by atoms with Crippen LogP contribution in [0.2, 0.25) is 0 Å². The SMILES string of the molecule is FC(Cl)c1cccc(C(F)(F)F)c1. The van der Waals surface area contributed by atoms with Crippen molar-refractivity contribution in [2.45, 2.75) is 11.8 Å². The van der Waals surface area contributed by atoms with E-state index < -0.39 is 17.4 Å². The van der Waals surface area contributed by atoms with Gasteiger partial charge in [-0.2, -0.15) is 13.2 Å². The second kappa shape index (κ2) is 3.54. The monoisotopic (exact) mass is 212 g/mol. The van der Waals surface area contributed by atoms with Crippen LogP contribution in [-0.4, -0.2) is 0 Å². The fourth-order valence-corrected chi connectivity index (χ4v) is 0.986. The molecule has 0 nitrogen and oxygen atoms in total. The third-order valence-corrected chi connectivity index (χ3v) is 1.72. The molecule has 0 amide bonds. The van der Waals surface area contributed by atoms with Gasteiger partial charge in [0.15, 0.2) is 5.63 Å². The molecule has 1 aromatic carbocycles. The summed E-state index contributed by atoms with van der Waals surface area (Å²) in [5.41, 5.74) is -2.98. The van der Waals surface area contributed by atoms with Crippen LogP contribution >= 0.6 is 11.6 Å². The summed E-state index contributed by atoms with van der Waals surface area (Å²) >= 11 is 4.99. The molecule has 0 aliphatic carbocycles. The molecule has 0 aliphatic heterocycles. The van der Waals surface area contributed by atoms with E-state index in [1.54, 1.807) is 0 Å². The van der Waals surface area contributed by atoms with E-state index in [1.165, 1.54) is 6.07 Å². The average Bonchev–Trinajstić information content (AvgIpc) is 2.03. The van der Waals surface area contributed by atoms with Crippen molar-refractivity contribution in [3.05, 3.63) is 35.4 Å². The number of halogens is 5. The first-order valence-electron chi connectivity index (χ1n) is 3.36. The van der Waals surface area contributed by atoms with Gasteiger partial charge in [0.25, 0.3) is 0 Å². The Morgan fingerprint density at radius 3 is 2.31 bits per heavy atom. The van der Waals surface area contributed by atoms with Crippen LogP contribution in [0.15, 0.2) is 24.3 Å². The molecule has 0 aromatic heterocycles. The van der Waals surface area contributed by atoms with Gasteiger partial charge in [0.1, 0.15) is 0 Å². The van der Waals surface area contributed by atoms with Gasteiger partial charge in [-0.1, -0.05) is 23.7 Å². The van der Waals surface area contributed by atoms with Crippen LogP contribution in [0.3, 0.4) is 0 Å². The van der Waals surface area contributed by atoms with Gasteiger partial charge in [0.05, 0.1) is 5.56 Å². The Morgan fingerprint density at radius 2 is 1.85 bits per heavy atom. The van der Waals surface area contributed by atoms with Crippen molar-refractivity contribution >= 4 is 11.6 Å². The molecule has 72 valence electrons. The van der Waals surface area contributed by atoms with Gasteiger partial charge >= 0.3 is 6.18 Å². The Labute approximate surface area is 77.1 Å². The highest BCUT2D eigenvalue weighted by Gasteiger charge is 2.30. The average molecular weight is 213 g/mol. The summed E-state index contributed by atoms with van der Waals surface area (Å²) < 4.78 is 48.6. The van der Waals surface area contributed by atoms with Crippen LogP contribution < -0.4 is 0 Å². The summed E-state index contributed by atoms with van der Waals surface area (Å²) in [5, 5.41) is 0. The second-order valence-electron chi connectivity index (χ2n) is 2.42. The largest absolute Gasteiger partial charge is 0.416 e.